The molecule has 1 spiro atoms. The van der Waals surface area contributed by atoms with Crippen LogP contribution in [0.15, 0.2) is 18.5 Å². The number of rotatable bonds is 7. The fraction of sp³-hybridized carbons (Fsp3) is 0.750. The summed E-state index contributed by atoms with van der Waals surface area (Å²) in [5.41, 5.74) is 2.59. The first kappa shape index (κ1) is 24.3. The molecule has 2 saturated heterocycles. The molecule has 2 aromatic heterocycles. The minimum atomic E-state index is -0.0128. The van der Waals surface area contributed by atoms with Crippen molar-refractivity contribution in [2.24, 2.45) is 5.41 Å². The van der Waals surface area contributed by atoms with Crippen molar-refractivity contribution < 1.29 is 9.47 Å². The molecular weight excluding hydrogens is 452 g/mol. The van der Waals surface area contributed by atoms with Crippen LogP contribution in [0.4, 0.5) is 5.82 Å². The zero-order valence-corrected chi connectivity index (χ0v) is 22.0. The molecule has 0 radical (unpaired) electrons. The molecule has 0 amide bonds. The molecule has 6 rings (SSSR count). The fourth-order valence-electron chi connectivity index (χ4n) is 6.40. The minimum absolute atomic E-state index is 0.0128. The van der Waals surface area contributed by atoms with Crippen LogP contribution >= 0.6 is 0 Å². The van der Waals surface area contributed by atoms with Gasteiger partial charge in [0, 0.05) is 43.9 Å². The van der Waals surface area contributed by atoms with Gasteiger partial charge in [-0.25, -0.2) is 4.98 Å². The summed E-state index contributed by atoms with van der Waals surface area (Å²) in [5, 5.41) is 12.5. The molecule has 36 heavy (non-hydrogen) atoms. The summed E-state index contributed by atoms with van der Waals surface area (Å²) in [5.74, 6) is 2.66. The Morgan fingerprint density at radius 3 is 2.58 bits per heavy atom. The summed E-state index contributed by atoms with van der Waals surface area (Å²) >= 11 is 0. The van der Waals surface area contributed by atoms with Crippen LogP contribution in [0, 0.1) is 5.41 Å². The SMILES string of the molecule is CCc1cn(-c2cnnc(NC3CCC(C)(CN4CCC5(CC4)COCCO5)CC3)c2)c(C2CC2)n1. The largest absolute Gasteiger partial charge is 0.376 e. The number of anilines is 1. The van der Waals surface area contributed by atoms with Crippen molar-refractivity contribution in [1.82, 2.24) is 24.6 Å². The number of hydrogen-bond donors (Lipinski definition) is 1. The topological polar surface area (TPSA) is 77.3 Å². The van der Waals surface area contributed by atoms with E-state index in [1.54, 1.807) is 0 Å². The number of hydrogen-bond acceptors (Lipinski definition) is 7. The van der Waals surface area contributed by atoms with Gasteiger partial charge in [-0.2, -0.15) is 5.10 Å². The Kier molecular flexibility index (Phi) is 6.77. The van der Waals surface area contributed by atoms with Crippen molar-refractivity contribution in [3.05, 3.63) is 30.0 Å². The van der Waals surface area contributed by atoms with Crippen molar-refractivity contribution in [3.63, 3.8) is 0 Å². The molecule has 2 saturated carbocycles. The summed E-state index contributed by atoms with van der Waals surface area (Å²) < 4.78 is 14.1. The van der Waals surface area contributed by atoms with Gasteiger partial charge in [0.15, 0.2) is 5.82 Å². The van der Waals surface area contributed by atoms with Gasteiger partial charge in [-0.3, -0.25) is 0 Å². The molecule has 4 heterocycles. The minimum Gasteiger partial charge on any atom is -0.376 e. The lowest BCUT2D eigenvalue weighted by Gasteiger charge is -2.47. The van der Waals surface area contributed by atoms with Gasteiger partial charge in [0.2, 0.25) is 0 Å². The third-order valence-electron chi connectivity index (χ3n) is 8.92. The third kappa shape index (κ3) is 5.31. The van der Waals surface area contributed by atoms with E-state index in [0.29, 0.717) is 17.4 Å². The Labute approximate surface area is 215 Å². The van der Waals surface area contributed by atoms with Gasteiger partial charge in [0.1, 0.15) is 5.82 Å². The maximum atomic E-state index is 6.13. The second kappa shape index (κ2) is 10.0. The molecule has 8 heteroatoms. The van der Waals surface area contributed by atoms with Crippen molar-refractivity contribution in [3.8, 4) is 5.69 Å². The molecule has 2 aliphatic carbocycles. The molecule has 2 aromatic rings. The van der Waals surface area contributed by atoms with Crippen LogP contribution in [0.25, 0.3) is 5.69 Å². The monoisotopic (exact) mass is 494 g/mol. The first-order valence-electron chi connectivity index (χ1n) is 14.2. The second-order valence-corrected chi connectivity index (χ2v) is 12.0. The van der Waals surface area contributed by atoms with E-state index in [-0.39, 0.29) is 5.60 Å². The second-order valence-electron chi connectivity index (χ2n) is 12.0. The fourth-order valence-corrected chi connectivity index (χ4v) is 6.40. The van der Waals surface area contributed by atoms with E-state index < -0.39 is 0 Å². The molecular formula is C28H42N6O2. The number of aromatic nitrogens is 4. The molecule has 8 nitrogen and oxygen atoms in total. The molecule has 0 aromatic carbocycles. The first-order valence-corrected chi connectivity index (χ1v) is 14.2. The molecule has 1 N–H and O–H groups in total. The average Bonchev–Trinajstić information content (AvgIpc) is 3.66. The predicted molar refractivity (Wildman–Crippen MR) is 140 cm³/mol. The van der Waals surface area contributed by atoms with Crippen molar-refractivity contribution >= 4 is 5.82 Å². The molecule has 4 aliphatic rings. The highest BCUT2D eigenvalue weighted by Gasteiger charge is 2.40. The lowest BCUT2D eigenvalue weighted by atomic mass is 9.73. The van der Waals surface area contributed by atoms with Crippen LogP contribution in [-0.4, -0.2) is 75.7 Å². The highest BCUT2D eigenvalue weighted by molar-refractivity contribution is 5.45. The van der Waals surface area contributed by atoms with Gasteiger partial charge in [0.05, 0.1) is 43.0 Å². The van der Waals surface area contributed by atoms with E-state index in [9.17, 15) is 0 Å². The van der Waals surface area contributed by atoms with Gasteiger partial charge in [-0.15, -0.1) is 5.10 Å². The Balaban J connectivity index is 1.03. The van der Waals surface area contributed by atoms with E-state index >= 15 is 0 Å². The highest BCUT2D eigenvalue weighted by Crippen LogP contribution is 2.41. The van der Waals surface area contributed by atoms with Gasteiger partial charge in [-0.05, 0) is 63.2 Å². The van der Waals surface area contributed by atoms with E-state index in [4.69, 9.17) is 14.5 Å². The van der Waals surface area contributed by atoms with E-state index in [1.165, 1.54) is 50.9 Å². The summed E-state index contributed by atoms with van der Waals surface area (Å²) in [7, 11) is 0. The Morgan fingerprint density at radius 2 is 1.89 bits per heavy atom. The standard InChI is InChI=1S/C28H42N6O2/c1-3-22-18-34(26(31-22)21-4-5-21)24-16-25(32-29-17-24)30-23-6-8-27(2,9-7-23)19-33-12-10-28(11-13-33)20-35-14-15-36-28/h16-18,21,23H,3-15,19-20H2,1-2H3,(H,30,32). The molecule has 196 valence electrons. The average molecular weight is 495 g/mol. The zero-order chi connectivity index (χ0) is 24.6. The highest BCUT2D eigenvalue weighted by atomic mass is 16.6. The zero-order valence-electron chi connectivity index (χ0n) is 22.0. The summed E-state index contributed by atoms with van der Waals surface area (Å²) in [6.45, 7) is 10.4. The maximum Gasteiger partial charge on any atom is 0.150 e. The number of likely N-dealkylation sites (tertiary alicyclic amines) is 1. The number of nitrogens with zero attached hydrogens (tertiary/aromatic N) is 5. The maximum absolute atomic E-state index is 6.13. The van der Waals surface area contributed by atoms with Gasteiger partial charge >= 0.3 is 0 Å². The normalized spacial score (nSPS) is 28.9. The van der Waals surface area contributed by atoms with Crippen molar-refractivity contribution in [1.29, 1.82) is 0 Å². The Hall–Kier alpha value is -2.03. The lowest BCUT2D eigenvalue weighted by molar-refractivity contribution is -0.178. The Bertz CT molecular complexity index is 1030. The number of piperidine rings is 1. The number of aryl methyl sites for hydroxylation is 1. The van der Waals surface area contributed by atoms with Crippen LogP contribution < -0.4 is 5.32 Å². The van der Waals surface area contributed by atoms with Crippen molar-refractivity contribution in [2.75, 3.05) is 44.8 Å². The number of nitrogens with one attached hydrogen (secondary N) is 1. The lowest BCUT2D eigenvalue weighted by Crippen LogP contribution is -2.53. The van der Waals surface area contributed by atoms with Gasteiger partial charge in [0.25, 0.3) is 0 Å². The molecule has 0 bridgehead atoms. The number of ether oxygens (including phenoxy) is 2. The van der Waals surface area contributed by atoms with Crippen molar-refractivity contribution in [2.45, 2.75) is 89.2 Å². The molecule has 4 fully saturated rings. The summed E-state index contributed by atoms with van der Waals surface area (Å²) in [4.78, 5) is 7.54. The molecule has 0 atom stereocenters. The van der Waals surface area contributed by atoms with E-state index in [0.717, 1.165) is 69.4 Å². The van der Waals surface area contributed by atoms with Gasteiger partial charge < -0.3 is 24.3 Å². The van der Waals surface area contributed by atoms with E-state index in [2.05, 4.69) is 51.1 Å². The van der Waals surface area contributed by atoms with Crippen LogP contribution in [-0.2, 0) is 15.9 Å². The van der Waals surface area contributed by atoms with Crippen LogP contribution in [0.5, 0.6) is 0 Å². The Morgan fingerprint density at radius 1 is 1.08 bits per heavy atom. The summed E-state index contributed by atoms with van der Waals surface area (Å²) in [6.07, 6.45) is 14.5. The van der Waals surface area contributed by atoms with E-state index in [1.807, 2.05) is 6.20 Å². The quantitative estimate of drug-likeness (QED) is 0.613. The van der Waals surface area contributed by atoms with Crippen LogP contribution in [0.3, 0.4) is 0 Å². The smallest absolute Gasteiger partial charge is 0.150 e. The van der Waals surface area contributed by atoms with Crippen LogP contribution in [0.2, 0.25) is 0 Å². The molecule has 0 unspecified atom stereocenters. The molecule has 2 aliphatic heterocycles. The van der Waals surface area contributed by atoms with Crippen LogP contribution in [0.1, 0.15) is 82.7 Å². The summed E-state index contributed by atoms with van der Waals surface area (Å²) in [6, 6.07) is 2.60. The predicted octanol–water partition coefficient (Wildman–Crippen LogP) is 4.34. The van der Waals surface area contributed by atoms with Gasteiger partial charge in [-0.1, -0.05) is 13.8 Å². The first-order chi connectivity index (χ1) is 17.5. The number of imidazole rings is 1. The third-order valence-corrected chi connectivity index (χ3v) is 8.92.